The van der Waals surface area contributed by atoms with Gasteiger partial charge in [-0.15, -0.1) is 0 Å². The van der Waals surface area contributed by atoms with Crippen LogP contribution in [0.2, 0.25) is 0 Å². The summed E-state index contributed by atoms with van der Waals surface area (Å²) in [7, 11) is 0. The molecule has 0 saturated carbocycles. The number of nitro benzene ring substituents is 1. The van der Waals surface area contributed by atoms with E-state index < -0.39 is 28.7 Å². The first-order chi connectivity index (χ1) is 7.45. The van der Waals surface area contributed by atoms with Crippen LogP contribution in [0.3, 0.4) is 0 Å². The molecule has 0 fully saturated rings. The van der Waals surface area contributed by atoms with Crippen molar-refractivity contribution >= 4 is 11.4 Å². The molecule has 0 bridgehead atoms. The van der Waals surface area contributed by atoms with E-state index in [1.807, 2.05) is 0 Å². The molecular formula is C8H5F2N3O3. The molecule has 0 aliphatic rings. The Kier molecular flexibility index (Phi) is 3.20. The predicted molar refractivity (Wildman–Crippen MR) is 48.9 cm³/mol. The van der Waals surface area contributed by atoms with Crippen LogP contribution in [0.1, 0.15) is 5.56 Å². The van der Waals surface area contributed by atoms with Crippen molar-refractivity contribution in [3.8, 4) is 11.8 Å². The Balaban J connectivity index is 3.35. The number of alkyl halides is 2. The third-order valence-electron chi connectivity index (χ3n) is 1.63. The molecular weight excluding hydrogens is 224 g/mol. The Labute approximate surface area is 88.0 Å². The average molecular weight is 229 g/mol. The van der Waals surface area contributed by atoms with Gasteiger partial charge in [0.1, 0.15) is 5.69 Å². The maximum Gasteiger partial charge on any atom is 0.387 e. The van der Waals surface area contributed by atoms with Crippen molar-refractivity contribution in [2.45, 2.75) is 6.61 Å². The monoisotopic (exact) mass is 229 g/mol. The van der Waals surface area contributed by atoms with Gasteiger partial charge in [-0.1, -0.05) is 0 Å². The number of nitro groups is 1. The van der Waals surface area contributed by atoms with E-state index in [4.69, 9.17) is 11.0 Å². The largest absolute Gasteiger partial charge is 0.427 e. The lowest BCUT2D eigenvalue weighted by Gasteiger charge is -2.06. The predicted octanol–water partition coefficient (Wildman–Crippen LogP) is 1.65. The molecule has 1 aromatic rings. The van der Waals surface area contributed by atoms with Crippen molar-refractivity contribution in [1.29, 1.82) is 5.26 Å². The molecule has 0 saturated heterocycles. The van der Waals surface area contributed by atoms with Crippen molar-refractivity contribution in [1.82, 2.24) is 0 Å². The van der Waals surface area contributed by atoms with Gasteiger partial charge in [0.05, 0.1) is 16.6 Å². The molecule has 0 spiro atoms. The van der Waals surface area contributed by atoms with E-state index in [0.29, 0.717) is 0 Å². The maximum absolute atomic E-state index is 12.0. The van der Waals surface area contributed by atoms with E-state index in [-0.39, 0.29) is 5.56 Å². The van der Waals surface area contributed by atoms with Crippen LogP contribution in [0, 0.1) is 21.4 Å². The molecule has 0 unspecified atom stereocenters. The lowest BCUT2D eigenvalue weighted by molar-refractivity contribution is -0.385. The zero-order valence-corrected chi connectivity index (χ0v) is 7.68. The van der Waals surface area contributed by atoms with E-state index in [2.05, 4.69) is 4.74 Å². The van der Waals surface area contributed by atoms with E-state index in [9.17, 15) is 18.9 Å². The summed E-state index contributed by atoms with van der Waals surface area (Å²) in [6.45, 7) is -3.23. The summed E-state index contributed by atoms with van der Waals surface area (Å²) in [5.74, 6) is -0.725. The molecule has 1 aromatic carbocycles. The molecule has 1 rings (SSSR count). The van der Waals surface area contributed by atoms with E-state index >= 15 is 0 Å². The van der Waals surface area contributed by atoms with Gasteiger partial charge in [-0.3, -0.25) is 10.1 Å². The Morgan fingerprint density at radius 3 is 2.62 bits per heavy atom. The molecule has 0 amide bonds. The molecule has 0 aliphatic carbocycles. The molecule has 0 aliphatic heterocycles. The summed E-state index contributed by atoms with van der Waals surface area (Å²) in [5.41, 5.74) is 3.98. The van der Waals surface area contributed by atoms with Crippen molar-refractivity contribution in [3.63, 3.8) is 0 Å². The number of nitriles is 1. The van der Waals surface area contributed by atoms with Crippen LogP contribution in [-0.2, 0) is 0 Å². The quantitative estimate of drug-likeness (QED) is 0.482. The molecule has 2 N–H and O–H groups in total. The Morgan fingerprint density at radius 1 is 1.56 bits per heavy atom. The van der Waals surface area contributed by atoms with Crippen LogP contribution in [0.5, 0.6) is 5.75 Å². The fraction of sp³-hybridized carbons (Fsp3) is 0.125. The number of hydrogen-bond acceptors (Lipinski definition) is 5. The third kappa shape index (κ3) is 2.33. The smallest absolute Gasteiger partial charge is 0.387 e. The number of nitrogens with zero attached hydrogens (tertiary/aromatic N) is 2. The van der Waals surface area contributed by atoms with Gasteiger partial charge >= 0.3 is 12.3 Å². The van der Waals surface area contributed by atoms with E-state index in [0.717, 1.165) is 12.1 Å². The van der Waals surface area contributed by atoms with Crippen LogP contribution in [0.15, 0.2) is 12.1 Å². The highest BCUT2D eigenvalue weighted by atomic mass is 19.3. The number of halogens is 2. The first kappa shape index (κ1) is 11.6. The molecule has 6 nitrogen and oxygen atoms in total. The van der Waals surface area contributed by atoms with Crippen LogP contribution in [0.4, 0.5) is 20.2 Å². The van der Waals surface area contributed by atoms with E-state index in [1.165, 1.54) is 0 Å². The average Bonchev–Trinajstić information content (AvgIpc) is 2.14. The SMILES string of the molecule is N#Cc1cc(N)c([N+](=O)[O-])c(OC(F)F)c1. The highest BCUT2D eigenvalue weighted by molar-refractivity contribution is 5.68. The first-order valence-electron chi connectivity index (χ1n) is 3.88. The van der Waals surface area contributed by atoms with Gasteiger partial charge in [-0.25, -0.2) is 0 Å². The minimum absolute atomic E-state index is 0.0984. The molecule has 84 valence electrons. The maximum atomic E-state index is 12.0. The summed E-state index contributed by atoms with van der Waals surface area (Å²) < 4.78 is 27.8. The van der Waals surface area contributed by atoms with Crippen molar-refractivity contribution in [2.75, 3.05) is 5.73 Å². The summed E-state index contributed by atoms with van der Waals surface area (Å²) in [6, 6.07) is 3.46. The lowest BCUT2D eigenvalue weighted by Crippen LogP contribution is -2.06. The summed E-state index contributed by atoms with van der Waals surface area (Å²) in [5, 5.41) is 19.1. The molecule has 8 heteroatoms. The third-order valence-corrected chi connectivity index (χ3v) is 1.63. The minimum atomic E-state index is -3.23. The molecule has 0 aromatic heterocycles. The number of ether oxygens (including phenoxy) is 1. The molecule has 0 heterocycles. The van der Waals surface area contributed by atoms with Gasteiger partial charge in [-0.2, -0.15) is 14.0 Å². The van der Waals surface area contributed by atoms with Gasteiger partial charge in [0, 0.05) is 6.07 Å². The van der Waals surface area contributed by atoms with Gasteiger partial charge in [0.25, 0.3) is 0 Å². The molecule has 0 radical (unpaired) electrons. The molecule has 0 atom stereocenters. The summed E-state index contributed by atoms with van der Waals surface area (Å²) >= 11 is 0. The Bertz CT molecular complexity index is 470. The second-order valence-electron chi connectivity index (χ2n) is 2.66. The van der Waals surface area contributed by atoms with Crippen LogP contribution < -0.4 is 10.5 Å². The van der Waals surface area contributed by atoms with Crippen LogP contribution >= 0.6 is 0 Å². The highest BCUT2D eigenvalue weighted by Crippen LogP contribution is 2.35. The van der Waals surface area contributed by atoms with Crippen molar-refractivity contribution in [3.05, 3.63) is 27.8 Å². The van der Waals surface area contributed by atoms with Crippen LogP contribution in [-0.4, -0.2) is 11.5 Å². The normalized spacial score (nSPS) is 9.88. The minimum Gasteiger partial charge on any atom is -0.427 e. The number of nitrogen functional groups attached to an aromatic ring is 1. The van der Waals surface area contributed by atoms with Crippen molar-refractivity contribution < 1.29 is 18.4 Å². The second kappa shape index (κ2) is 4.39. The van der Waals surface area contributed by atoms with Gasteiger partial charge in [0.2, 0.25) is 5.75 Å². The van der Waals surface area contributed by atoms with Crippen LogP contribution in [0.25, 0.3) is 0 Å². The topological polar surface area (TPSA) is 102 Å². The number of nitrogens with two attached hydrogens (primary N) is 1. The van der Waals surface area contributed by atoms with Gasteiger partial charge in [-0.05, 0) is 6.07 Å². The number of anilines is 1. The van der Waals surface area contributed by atoms with Gasteiger partial charge < -0.3 is 10.5 Å². The number of rotatable bonds is 3. The van der Waals surface area contributed by atoms with Crippen molar-refractivity contribution in [2.24, 2.45) is 0 Å². The molecule has 16 heavy (non-hydrogen) atoms. The van der Waals surface area contributed by atoms with E-state index in [1.54, 1.807) is 6.07 Å². The highest BCUT2D eigenvalue weighted by Gasteiger charge is 2.23. The Hall–Kier alpha value is -2.43. The fourth-order valence-electron chi connectivity index (χ4n) is 1.08. The standard InChI is InChI=1S/C8H5F2N3O3/c9-8(10)16-6-2-4(3-11)1-5(12)7(6)13(14)15/h1-2,8H,12H2. The number of benzene rings is 1. The Morgan fingerprint density at radius 2 is 2.19 bits per heavy atom. The number of hydrogen-bond donors (Lipinski definition) is 1. The fourth-order valence-corrected chi connectivity index (χ4v) is 1.08. The second-order valence-corrected chi connectivity index (χ2v) is 2.66. The summed E-state index contributed by atoms with van der Waals surface area (Å²) in [6.07, 6.45) is 0. The first-order valence-corrected chi connectivity index (χ1v) is 3.88. The lowest BCUT2D eigenvalue weighted by atomic mass is 10.1. The zero-order valence-electron chi connectivity index (χ0n) is 7.68. The van der Waals surface area contributed by atoms with Gasteiger partial charge in [0.15, 0.2) is 0 Å². The zero-order chi connectivity index (χ0) is 12.3. The summed E-state index contributed by atoms with van der Waals surface area (Å²) in [4.78, 5) is 9.59.